The maximum atomic E-state index is 8.91. The summed E-state index contributed by atoms with van der Waals surface area (Å²) in [6.07, 6.45) is 0.331. The van der Waals surface area contributed by atoms with Crippen molar-refractivity contribution >= 4 is 34.0 Å². The van der Waals surface area contributed by atoms with Crippen molar-refractivity contribution < 1.29 is 0 Å². The first-order chi connectivity index (χ1) is 9.31. The van der Waals surface area contributed by atoms with E-state index in [2.05, 4.69) is 36.4 Å². The molecule has 3 aromatic rings. The molecule has 0 aromatic heterocycles. The molecule has 2 nitrogen and oxygen atoms in total. The zero-order chi connectivity index (χ0) is 13.2. The maximum Gasteiger partial charge on any atom is 0.0641 e. The van der Waals surface area contributed by atoms with Gasteiger partial charge in [0.25, 0.3) is 0 Å². The van der Waals surface area contributed by atoms with Crippen molar-refractivity contribution in [1.82, 2.24) is 0 Å². The van der Waals surface area contributed by atoms with E-state index in [1.807, 2.05) is 24.3 Å². The number of benzene rings is 3. The Hall–Kier alpha value is -2.08. The Kier molecular flexibility index (Phi) is 4.24. The lowest BCUT2D eigenvalue weighted by Crippen LogP contribution is -2.10. The van der Waals surface area contributed by atoms with E-state index in [0.717, 1.165) is 16.3 Å². The van der Waals surface area contributed by atoms with Crippen LogP contribution >= 0.6 is 12.4 Å². The summed E-state index contributed by atoms with van der Waals surface area (Å²) >= 11 is 0. The van der Waals surface area contributed by atoms with Crippen LogP contribution in [0.15, 0.2) is 54.6 Å². The molecule has 0 aliphatic rings. The van der Waals surface area contributed by atoms with Crippen molar-refractivity contribution in [3.05, 3.63) is 60.2 Å². The smallest absolute Gasteiger partial charge is 0.0641 e. The summed E-state index contributed by atoms with van der Waals surface area (Å²) in [4.78, 5) is 0. The predicted molar refractivity (Wildman–Crippen MR) is 85.9 cm³/mol. The minimum Gasteiger partial charge on any atom is -0.323 e. The van der Waals surface area contributed by atoms with Crippen molar-refractivity contribution in [1.29, 1.82) is 5.26 Å². The molecule has 3 heteroatoms. The molecule has 0 amide bonds. The lowest BCUT2D eigenvalue weighted by molar-refractivity contribution is 0.761. The Morgan fingerprint density at radius 2 is 1.45 bits per heavy atom. The van der Waals surface area contributed by atoms with Crippen molar-refractivity contribution in [2.75, 3.05) is 0 Å². The highest BCUT2D eigenvalue weighted by atomic mass is 35.5. The van der Waals surface area contributed by atoms with Crippen LogP contribution in [-0.2, 0) is 0 Å². The first-order valence-corrected chi connectivity index (χ1v) is 6.34. The molecule has 0 fully saturated rings. The van der Waals surface area contributed by atoms with Gasteiger partial charge in [-0.25, -0.2) is 0 Å². The molecule has 20 heavy (non-hydrogen) atoms. The van der Waals surface area contributed by atoms with E-state index in [9.17, 15) is 0 Å². The average molecular weight is 283 g/mol. The first-order valence-electron chi connectivity index (χ1n) is 6.34. The first kappa shape index (κ1) is 14.3. The molecular weight excluding hydrogens is 268 g/mol. The molecule has 0 aliphatic carbocycles. The zero-order valence-corrected chi connectivity index (χ0v) is 11.7. The van der Waals surface area contributed by atoms with Gasteiger partial charge in [0.05, 0.1) is 12.5 Å². The van der Waals surface area contributed by atoms with Gasteiger partial charge in [0.2, 0.25) is 0 Å². The lowest BCUT2D eigenvalue weighted by Gasteiger charge is -2.15. The van der Waals surface area contributed by atoms with Crippen LogP contribution in [0.3, 0.4) is 0 Å². The van der Waals surface area contributed by atoms with E-state index in [1.165, 1.54) is 10.8 Å². The van der Waals surface area contributed by atoms with Crippen LogP contribution in [0.2, 0.25) is 0 Å². The molecule has 2 N–H and O–H groups in total. The molecule has 0 spiro atoms. The Morgan fingerprint density at radius 1 is 0.950 bits per heavy atom. The number of hydrogen-bond acceptors (Lipinski definition) is 2. The molecule has 0 radical (unpaired) electrons. The van der Waals surface area contributed by atoms with Crippen LogP contribution in [0.4, 0.5) is 0 Å². The summed E-state index contributed by atoms with van der Waals surface area (Å²) in [7, 11) is 0. The summed E-state index contributed by atoms with van der Waals surface area (Å²) in [5.41, 5.74) is 7.29. The van der Waals surface area contributed by atoms with Gasteiger partial charge in [0.15, 0.2) is 0 Å². The second kappa shape index (κ2) is 5.92. The normalized spacial score (nSPS) is 11.8. The molecule has 0 unspecified atom stereocenters. The minimum absolute atomic E-state index is 0. The Morgan fingerprint density at radius 3 is 1.95 bits per heavy atom. The van der Waals surface area contributed by atoms with E-state index in [1.54, 1.807) is 0 Å². The van der Waals surface area contributed by atoms with Crippen LogP contribution in [0, 0.1) is 11.3 Å². The van der Waals surface area contributed by atoms with Crippen molar-refractivity contribution in [2.45, 2.75) is 12.5 Å². The van der Waals surface area contributed by atoms with Gasteiger partial charge < -0.3 is 5.73 Å². The maximum absolute atomic E-state index is 8.91. The summed E-state index contributed by atoms with van der Waals surface area (Å²) in [5, 5.41) is 13.5. The van der Waals surface area contributed by atoms with Crippen LogP contribution in [-0.4, -0.2) is 0 Å². The molecular formula is C17H15ClN2. The largest absolute Gasteiger partial charge is 0.323 e. The number of fused-ring (bicyclic) bond motifs is 2. The molecule has 3 aromatic carbocycles. The quantitative estimate of drug-likeness (QED) is 0.711. The Bertz CT molecular complexity index is 736. The van der Waals surface area contributed by atoms with E-state index in [4.69, 9.17) is 11.0 Å². The highest BCUT2D eigenvalue weighted by Crippen LogP contribution is 2.32. The number of nitrogens with zero attached hydrogens (tertiary/aromatic N) is 1. The van der Waals surface area contributed by atoms with Crippen LogP contribution in [0.25, 0.3) is 21.5 Å². The summed E-state index contributed by atoms with van der Waals surface area (Å²) in [5.74, 6) is 0. The van der Waals surface area contributed by atoms with Crippen LogP contribution in [0.1, 0.15) is 18.0 Å². The minimum atomic E-state index is -0.249. The third-order valence-electron chi connectivity index (χ3n) is 3.49. The standard InChI is InChI=1S/C17H14N2.ClH/c18-10-9-16(19)17-14-7-3-1-5-12(14)11-13-6-2-4-8-15(13)17;/h1-8,11,16H,9,19H2;1H/t16-;/m1./s1. The van der Waals surface area contributed by atoms with Crippen molar-refractivity contribution in [3.8, 4) is 6.07 Å². The Labute approximate surface area is 124 Å². The summed E-state index contributed by atoms with van der Waals surface area (Å²) in [6, 6.07) is 20.5. The van der Waals surface area contributed by atoms with Crippen molar-refractivity contribution in [2.24, 2.45) is 5.73 Å². The molecule has 0 saturated carbocycles. The second-order valence-electron chi connectivity index (χ2n) is 4.70. The number of nitrogens with two attached hydrogens (primary N) is 1. The second-order valence-corrected chi connectivity index (χ2v) is 4.70. The Balaban J connectivity index is 0.00000147. The highest BCUT2D eigenvalue weighted by molar-refractivity contribution is 6.02. The number of halogens is 1. The average Bonchev–Trinajstić information content (AvgIpc) is 2.44. The van der Waals surface area contributed by atoms with Crippen LogP contribution < -0.4 is 5.73 Å². The molecule has 0 aliphatic heterocycles. The third kappa shape index (κ3) is 2.34. The fourth-order valence-electron chi connectivity index (χ4n) is 2.65. The van der Waals surface area contributed by atoms with Gasteiger partial charge in [-0.15, -0.1) is 12.4 Å². The van der Waals surface area contributed by atoms with E-state index >= 15 is 0 Å². The monoisotopic (exact) mass is 282 g/mol. The van der Waals surface area contributed by atoms with Gasteiger partial charge in [-0.3, -0.25) is 0 Å². The summed E-state index contributed by atoms with van der Waals surface area (Å²) in [6.45, 7) is 0. The van der Waals surface area contributed by atoms with Gasteiger partial charge >= 0.3 is 0 Å². The van der Waals surface area contributed by atoms with Crippen molar-refractivity contribution in [3.63, 3.8) is 0 Å². The van der Waals surface area contributed by atoms with E-state index < -0.39 is 0 Å². The van der Waals surface area contributed by atoms with Gasteiger partial charge in [0.1, 0.15) is 0 Å². The SMILES string of the molecule is Cl.N#CC[C@@H](N)c1c2ccccc2cc2ccccc12. The molecule has 1 atom stereocenters. The van der Waals surface area contributed by atoms with Gasteiger partial charge in [0, 0.05) is 6.04 Å². The number of rotatable bonds is 2. The van der Waals surface area contributed by atoms with Crippen LogP contribution in [0.5, 0.6) is 0 Å². The van der Waals surface area contributed by atoms with Gasteiger partial charge in [-0.05, 0) is 33.2 Å². The number of hydrogen-bond donors (Lipinski definition) is 1. The fraction of sp³-hybridized carbons (Fsp3) is 0.118. The topological polar surface area (TPSA) is 49.8 Å². The zero-order valence-electron chi connectivity index (χ0n) is 10.9. The fourth-order valence-corrected chi connectivity index (χ4v) is 2.65. The third-order valence-corrected chi connectivity index (χ3v) is 3.49. The van der Waals surface area contributed by atoms with Gasteiger partial charge in [-0.2, -0.15) is 5.26 Å². The predicted octanol–water partition coefficient (Wildman–Crippen LogP) is 4.33. The molecule has 0 bridgehead atoms. The van der Waals surface area contributed by atoms with E-state index in [-0.39, 0.29) is 18.4 Å². The van der Waals surface area contributed by atoms with Gasteiger partial charge in [-0.1, -0.05) is 48.5 Å². The highest BCUT2D eigenvalue weighted by Gasteiger charge is 2.13. The summed E-state index contributed by atoms with van der Waals surface area (Å²) < 4.78 is 0. The lowest BCUT2D eigenvalue weighted by atomic mass is 9.91. The molecule has 0 heterocycles. The molecule has 3 rings (SSSR count). The molecule has 0 saturated heterocycles. The molecule has 100 valence electrons. The number of nitriles is 1. The van der Waals surface area contributed by atoms with E-state index in [0.29, 0.717) is 6.42 Å².